The molecule has 1 heterocycles. The number of anilines is 3. The molecule has 40 heavy (non-hydrogen) atoms. The van der Waals surface area contributed by atoms with Gasteiger partial charge in [-0.2, -0.15) is 0 Å². The maximum absolute atomic E-state index is 14.2. The molecule has 1 saturated heterocycles. The van der Waals surface area contributed by atoms with Gasteiger partial charge >= 0.3 is 0 Å². The summed E-state index contributed by atoms with van der Waals surface area (Å²) in [7, 11) is -5.38. The van der Waals surface area contributed by atoms with Crippen LogP contribution in [0, 0.1) is 4.78 Å². The molecule has 9 nitrogen and oxygen atoms in total. The third-order valence-corrected chi connectivity index (χ3v) is 9.91. The van der Waals surface area contributed by atoms with Gasteiger partial charge in [0, 0.05) is 42.2 Å². The summed E-state index contributed by atoms with van der Waals surface area (Å²) in [6, 6.07) is 10.5. The van der Waals surface area contributed by atoms with E-state index in [-0.39, 0.29) is 23.5 Å². The number of sulfonamides is 1. The van der Waals surface area contributed by atoms with Crippen LogP contribution in [-0.4, -0.2) is 69.7 Å². The van der Waals surface area contributed by atoms with Crippen molar-refractivity contribution in [2.24, 2.45) is 0 Å². The molecular formula is C27H39F2N5O4S2. The highest BCUT2D eigenvalue weighted by atomic mass is 32.2. The minimum Gasteiger partial charge on any atom is -0.364 e. The van der Waals surface area contributed by atoms with Gasteiger partial charge in [-0.25, -0.2) is 26.2 Å². The maximum atomic E-state index is 14.2. The third-order valence-electron chi connectivity index (χ3n) is 6.82. The molecule has 2 aromatic rings. The van der Waals surface area contributed by atoms with Crippen LogP contribution in [0.15, 0.2) is 47.4 Å². The summed E-state index contributed by atoms with van der Waals surface area (Å²) in [5, 5.41) is 5.41. The number of hydrogen-bond donors (Lipinski definition) is 3. The van der Waals surface area contributed by atoms with Gasteiger partial charge in [0.2, 0.25) is 10.0 Å². The van der Waals surface area contributed by atoms with E-state index in [1.54, 1.807) is 24.3 Å². The molecule has 1 aliphatic heterocycles. The van der Waals surface area contributed by atoms with Crippen molar-refractivity contribution in [3.8, 4) is 0 Å². The van der Waals surface area contributed by atoms with Crippen molar-refractivity contribution in [2.75, 3.05) is 59.8 Å². The number of hydrogen-bond acceptors (Lipinski definition) is 7. The van der Waals surface area contributed by atoms with E-state index in [1.165, 1.54) is 30.1 Å². The van der Waals surface area contributed by atoms with Crippen LogP contribution in [0.3, 0.4) is 0 Å². The van der Waals surface area contributed by atoms with Gasteiger partial charge in [-0.3, -0.25) is 9.10 Å². The Morgan fingerprint density at radius 3 is 2.42 bits per heavy atom. The molecule has 1 aliphatic rings. The number of rotatable bonds is 12. The Hall–Kier alpha value is -2.77. The molecule has 13 heteroatoms. The molecule has 0 bridgehead atoms. The summed E-state index contributed by atoms with van der Waals surface area (Å²) in [6.07, 6.45) is 5.89. The van der Waals surface area contributed by atoms with Crippen LogP contribution in [-0.2, 0) is 19.8 Å². The van der Waals surface area contributed by atoms with Crippen LogP contribution in [0.2, 0.25) is 0 Å². The fourth-order valence-electron chi connectivity index (χ4n) is 4.46. The molecule has 1 fully saturated rings. The Bertz CT molecular complexity index is 1380. The number of halogens is 2. The molecule has 1 amide bonds. The predicted octanol–water partition coefficient (Wildman–Crippen LogP) is 4.76. The summed E-state index contributed by atoms with van der Waals surface area (Å²) in [5.74, 6) is -3.35. The van der Waals surface area contributed by atoms with Crippen LogP contribution < -0.4 is 19.8 Å². The molecule has 1 unspecified atom stereocenters. The molecule has 0 aliphatic carbocycles. The fourth-order valence-corrected chi connectivity index (χ4v) is 6.40. The Labute approximate surface area is 236 Å². The average Bonchev–Trinajstić information content (AvgIpc) is 3.07. The van der Waals surface area contributed by atoms with Crippen LogP contribution in [0.5, 0.6) is 0 Å². The van der Waals surface area contributed by atoms with Crippen LogP contribution in [0.1, 0.15) is 49.4 Å². The quantitative estimate of drug-likeness (QED) is 0.303. The van der Waals surface area contributed by atoms with Crippen molar-refractivity contribution in [3.05, 3.63) is 48.0 Å². The van der Waals surface area contributed by atoms with E-state index in [2.05, 4.69) is 17.6 Å². The SMILES string of the molecule is CCCCCCCS(=N)(=O)c1ccc(NC(=O)c2cc(N3CCNCC(F)(F)C3)ccc2N(C)S(C)(=O)=O)cc1. The second kappa shape index (κ2) is 13.3. The second-order valence-corrected chi connectivity index (χ2v) is 14.4. The summed E-state index contributed by atoms with van der Waals surface area (Å²) in [5.41, 5.74) is 0.807. The topological polar surface area (TPSA) is 123 Å². The van der Waals surface area contributed by atoms with Crippen LogP contribution in [0.4, 0.5) is 25.8 Å². The number of alkyl halides is 2. The van der Waals surface area contributed by atoms with Crippen molar-refractivity contribution in [2.45, 2.75) is 49.8 Å². The zero-order valence-corrected chi connectivity index (χ0v) is 24.8. The summed E-state index contributed by atoms with van der Waals surface area (Å²) in [6.45, 7) is 1.72. The lowest BCUT2D eigenvalue weighted by molar-refractivity contribution is 0.0157. The van der Waals surface area contributed by atoms with Crippen molar-refractivity contribution in [1.82, 2.24) is 5.32 Å². The van der Waals surface area contributed by atoms with Gasteiger partial charge < -0.3 is 15.5 Å². The van der Waals surface area contributed by atoms with Crippen molar-refractivity contribution in [1.29, 1.82) is 4.78 Å². The van der Waals surface area contributed by atoms with E-state index in [1.807, 2.05) is 0 Å². The minimum atomic E-state index is -3.73. The predicted molar refractivity (Wildman–Crippen MR) is 157 cm³/mol. The van der Waals surface area contributed by atoms with Crippen molar-refractivity contribution >= 4 is 42.7 Å². The molecule has 0 radical (unpaired) electrons. The van der Waals surface area contributed by atoms with Crippen LogP contribution in [0.25, 0.3) is 0 Å². The number of nitrogens with one attached hydrogen (secondary N) is 3. The lowest BCUT2D eigenvalue weighted by Gasteiger charge is -2.27. The first-order chi connectivity index (χ1) is 18.7. The summed E-state index contributed by atoms with van der Waals surface area (Å²) < 4.78 is 75.2. The molecule has 3 N–H and O–H groups in total. The molecule has 2 aromatic carbocycles. The summed E-state index contributed by atoms with van der Waals surface area (Å²) >= 11 is 0. The molecular weight excluding hydrogens is 560 g/mol. The lowest BCUT2D eigenvalue weighted by atomic mass is 10.1. The van der Waals surface area contributed by atoms with Gasteiger partial charge in [0.15, 0.2) is 0 Å². The molecule has 0 spiro atoms. The van der Waals surface area contributed by atoms with Gasteiger partial charge in [-0.1, -0.05) is 32.6 Å². The number of carbonyl (C=O) groups excluding carboxylic acids is 1. The highest BCUT2D eigenvalue weighted by molar-refractivity contribution is 7.92. The molecule has 3 rings (SSSR count). The Kier molecular flexibility index (Phi) is 10.5. The van der Waals surface area contributed by atoms with Gasteiger partial charge in [0.1, 0.15) is 0 Å². The van der Waals surface area contributed by atoms with E-state index >= 15 is 0 Å². The maximum Gasteiger partial charge on any atom is 0.277 e. The minimum absolute atomic E-state index is 0.00797. The van der Waals surface area contributed by atoms with Gasteiger partial charge in [0.05, 0.1) is 40.3 Å². The first-order valence-electron chi connectivity index (χ1n) is 13.3. The van der Waals surface area contributed by atoms with Gasteiger partial charge in [0.25, 0.3) is 11.8 Å². The first kappa shape index (κ1) is 31.8. The zero-order chi connectivity index (χ0) is 29.6. The van der Waals surface area contributed by atoms with Crippen LogP contribution >= 0.6 is 0 Å². The van der Waals surface area contributed by atoms with E-state index in [0.29, 0.717) is 29.2 Å². The van der Waals surface area contributed by atoms with Gasteiger partial charge in [-0.15, -0.1) is 0 Å². The highest BCUT2D eigenvalue weighted by Gasteiger charge is 2.34. The lowest BCUT2D eigenvalue weighted by Crippen LogP contribution is -2.38. The van der Waals surface area contributed by atoms with E-state index in [0.717, 1.165) is 36.2 Å². The van der Waals surface area contributed by atoms with Crippen molar-refractivity contribution < 1.29 is 26.2 Å². The number of benzene rings is 2. The smallest absolute Gasteiger partial charge is 0.277 e. The first-order valence-corrected chi connectivity index (χ1v) is 16.9. The largest absolute Gasteiger partial charge is 0.364 e. The average molecular weight is 600 g/mol. The normalized spacial score (nSPS) is 17.1. The monoisotopic (exact) mass is 599 g/mol. The van der Waals surface area contributed by atoms with E-state index in [4.69, 9.17) is 4.78 Å². The second-order valence-electron chi connectivity index (χ2n) is 10.2. The zero-order valence-electron chi connectivity index (χ0n) is 23.2. The summed E-state index contributed by atoms with van der Waals surface area (Å²) in [4.78, 5) is 15.2. The Morgan fingerprint density at radius 2 is 1.77 bits per heavy atom. The molecule has 0 aromatic heterocycles. The Morgan fingerprint density at radius 1 is 1.10 bits per heavy atom. The van der Waals surface area contributed by atoms with Crippen molar-refractivity contribution in [3.63, 3.8) is 0 Å². The van der Waals surface area contributed by atoms with Gasteiger partial charge in [-0.05, 0) is 48.9 Å². The third kappa shape index (κ3) is 8.61. The Balaban J connectivity index is 1.84. The number of unbranched alkanes of at least 4 members (excludes halogenated alkanes) is 4. The molecule has 1 atom stereocenters. The number of nitrogens with zero attached hydrogens (tertiary/aromatic N) is 2. The van der Waals surface area contributed by atoms with E-state index in [9.17, 15) is 26.2 Å². The molecule has 0 saturated carbocycles. The number of carbonyl (C=O) groups is 1. The highest BCUT2D eigenvalue weighted by Crippen LogP contribution is 2.30. The standard InChI is InChI=1S/C27H39F2N5O4S2/c1-4-5-6-7-8-17-40(30,38)23-12-9-21(10-13-23)32-26(35)24-18-22(11-14-25(24)33(2)39(3,36)37)34-16-15-31-19-27(28,29)20-34/h9-14,18,30-31H,4-8,15-17,19-20H2,1-3H3,(H,32,35). The fraction of sp³-hybridized carbons (Fsp3) is 0.519. The molecule has 222 valence electrons. The number of amides is 1. The van der Waals surface area contributed by atoms with E-state index < -0.39 is 44.7 Å².